The SMILES string of the molecule is C/C(=C/C(=O)NC(C)(C)C)C1CC1. The summed E-state index contributed by atoms with van der Waals surface area (Å²) in [7, 11) is 0. The van der Waals surface area contributed by atoms with Crippen molar-refractivity contribution < 1.29 is 4.79 Å². The minimum absolute atomic E-state index is 0.0388. The first-order valence-electron chi connectivity index (χ1n) is 4.89. The molecule has 0 unspecified atom stereocenters. The van der Waals surface area contributed by atoms with Crippen LogP contribution in [0.3, 0.4) is 0 Å². The van der Waals surface area contributed by atoms with Gasteiger partial charge in [0.25, 0.3) is 0 Å². The minimum Gasteiger partial charge on any atom is -0.348 e. The Morgan fingerprint density at radius 2 is 1.92 bits per heavy atom. The summed E-state index contributed by atoms with van der Waals surface area (Å²) in [6.07, 6.45) is 4.25. The third-order valence-corrected chi connectivity index (χ3v) is 2.08. The van der Waals surface area contributed by atoms with Crippen molar-refractivity contribution in [1.82, 2.24) is 5.32 Å². The Hall–Kier alpha value is -0.790. The van der Waals surface area contributed by atoms with Gasteiger partial charge in [0.15, 0.2) is 0 Å². The van der Waals surface area contributed by atoms with E-state index < -0.39 is 0 Å². The van der Waals surface area contributed by atoms with Crippen molar-refractivity contribution in [3.63, 3.8) is 0 Å². The minimum atomic E-state index is -0.128. The molecule has 0 bridgehead atoms. The Morgan fingerprint density at radius 1 is 1.38 bits per heavy atom. The van der Waals surface area contributed by atoms with Crippen LogP contribution < -0.4 is 5.32 Å². The van der Waals surface area contributed by atoms with Crippen LogP contribution in [0.1, 0.15) is 40.5 Å². The normalized spacial score (nSPS) is 18.6. The smallest absolute Gasteiger partial charge is 0.244 e. The lowest BCUT2D eigenvalue weighted by Gasteiger charge is -2.19. The highest BCUT2D eigenvalue weighted by Gasteiger charge is 2.23. The summed E-state index contributed by atoms with van der Waals surface area (Å²) in [5.41, 5.74) is 1.10. The van der Waals surface area contributed by atoms with E-state index in [2.05, 4.69) is 5.32 Å². The van der Waals surface area contributed by atoms with Gasteiger partial charge in [-0.25, -0.2) is 0 Å². The van der Waals surface area contributed by atoms with Gasteiger partial charge in [-0.3, -0.25) is 4.79 Å². The molecule has 2 heteroatoms. The zero-order valence-electron chi connectivity index (χ0n) is 8.98. The van der Waals surface area contributed by atoms with E-state index in [1.807, 2.05) is 27.7 Å². The number of amides is 1. The molecule has 1 aliphatic carbocycles. The summed E-state index contributed by atoms with van der Waals surface area (Å²) >= 11 is 0. The lowest BCUT2D eigenvalue weighted by molar-refractivity contribution is -0.117. The van der Waals surface area contributed by atoms with Gasteiger partial charge in [0.05, 0.1) is 0 Å². The van der Waals surface area contributed by atoms with Crippen LogP contribution in [0.4, 0.5) is 0 Å². The van der Waals surface area contributed by atoms with Crippen LogP contribution in [0.5, 0.6) is 0 Å². The average molecular weight is 181 g/mol. The van der Waals surface area contributed by atoms with Gasteiger partial charge < -0.3 is 5.32 Å². The number of nitrogens with one attached hydrogen (secondary N) is 1. The molecule has 0 atom stereocenters. The van der Waals surface area contributed by atoms with E-state index in [-0.39, 0.29) is 11.4 Å². The highest BCUT2D eigenvalue weighted by atomic mass is 16.1. The van der Waals surface area contributed by atoms with Crippen LogP contribution in [0, 0.1) is 5.92 Å². The van der Waals surface area contributed by atoms with Crippen LogP contribution >= 0.6 is 0 Å². The molecule has 74 valence electrons. The molecule has 1 rings (SSSR count). The van der Waals surface area contributed by atoms with Gasteiger partial charge in [-0.05, 0) is 46.5 Å². The summed E-state index contributed by atoms with van der Waals surface area (Å²) in [5, 5.41) is 2.92. The molecule has 1 N–H and O–H groups in total. The quantitative estimate of drug-likeness (QED) is 0.650. The van der Waals surface area contributed by atoms with Crippen molar-refractivity contribution in [2.24, 2.45) is 5.92 Å². The summed E-state index contributed by atoms with van der Waals surface area (Å²) < 4.78 is 0. The van der Waals surface area contributed by atoms with Gasteiger partial charge in [-0.1, -0.05) is 5.57 Å². The first-order chi connectivity index (χ1) is 5.88. The van der Waals surface area contributed by atoms with E-state index in [4.69, 9.17) is 0 Å². The highest BCUT2D eigenvalue weighted by molar-refractivity contribution is 5.88. The van der Waals surface area contributed by atoms with Crippen LogP contribution in [-0.4, -0.2) is 11.4 Å². The molecule has 13 heavy (non-hydrogen) atoms. The van der Waals surface area contributed by atoms with E-state index in [1.54, 1.807) is 6.08 Å². The molecule has 0 aromatic rings. The van der Waals surface area contributed by atoms with Crippen LogP contribution in [0.15, 0.2) is 11.6 Å². The second-order valence-corrected chi connectivity index (χ2v) is 4.90. The molecule has 1 saturated carbocycles. The lowest BCUT2D eigenvalue weighted by Crippen LogP contribution is -2.39. The lowest BCUT2D eigenvalue weighted by atomic mass is 10.1. The Kier molecular flexibility index (Phi) is 2.79. The largest absolute Gasteiger partial charge is 0.348 e. The van der Waals surface area contributed by atoms with Crippen LogP contribution in [0.25, 0.3) is 0 Å². The monoisotopic (exact) mass is 181 g/mol. The Bertz CT molecular complexity index is 231. The van der Waals surface area contributed by atoms with Crippen LogP contribution in [-0.2, 0) is 4.79 Å². The van der Waals surface area contributed by atoms with Crippen molar-refractivity contribution in [1.29, 1.82) is 0 Å². The fourth-order valence-corrected chi connectivity index (χ4v) is 1.27. The second kappa shape index (κ2) is 3.52. The molecule has 0 aromatic heterocycles. The fourth-order valence-electron chi connectivity index (χ4n) is 1.27. The number of hydrogen-bond donors (Lipinski definition) is 1. The molecule has 1 aliphatic rings. The van der Waals surface area contributed by atoms with Gasteiger partial charge >= 0.3 is 0 Å². The summed E-state index contributed by atoms with van der Waals surface area (Å²) in [6, 6.07) is 0. The van der Waals surface area contributed by atoms with Crippen molar-refractivity contribution in [2.75, 3.05) is 0 Å². The van der Waals surface area contributed by atoms with Gasteiger partial charge in [0.1, 0.15) is 0 Å². The maximum atomic E-state index is 11.4. The molecule has 1 amide bonds. The molecule has 0 aliphatic heterocycles. The van der Waals surface area contributed by atoms with Gasteiger partial charge in [0, 0.05) is 11.6 Å². The molecule has 0 aromatic carbocycles. The van der Waals surface area contributed by atoms with Crippen molar-refractivity contribution in [3.8, 4) is 0 Å². The molecule has 0 radical (unpaired) electrons. The number of carbonyl (C=O) groups excluding carboxylic acids is 1. The Morgan fingerprint density at radius 3 is 2.31 bits per heavy atom. The second-order valence-electron chi connectivity index (χ2n) is 4.90. The topological polar surface area (TPSA) is 29.1 Å². The first-order valence-corrected chi connectivity index (χ1v) is 4.89. The molecule has 0 heterocycles. The van der Waals surface area contributed by atoms with Crippen molar-refractivity contribution >= 4 is 5.91 Å². The first kappa shape index (κ1) is 10.3. The molecule has 1 fully saturated rings. The molecular formula is C11H19NO. The number of carbonyl (C=O) groups is 1. The van der Waals surface area contributed by atoms with Gasteiger partial charge in [-0.2, -0.15) is 0 Å². The molecule has 0 spiro atoms. The number of allylic oxidation sites excluding steroid dienone is 1. The van der Waals surface area contributed by atoms with Gasteiger partial charge in [-0.15, -0.1) is 0 Å². The third-order valence-electron chi connectivity index (χ3n) is 2.08. The number of hydrogen-bond acceptors (Lipinski definition) is 1. The van der Waals surface area contributed by atoms with Crippen LogP contribution in [0.2, 0.25) is 0 Å². The molecular weight excluding hydrogens is 162 g/mol. The average Bonchev–Trinajstić information content (AvgIpc) is 2.60. The highest BCUT2D eigenvalue weighted by Crippen LogP contribution is 2.35. The standard InChI is InChI=1S/C11H19NO/c1-8(9-5-6-9)7-10(13)12-11(2,3)4/h7,9H,5-6H2,1-4H3,(H,12,13)/b8-7-. The Labute approximate surface area is 80.4 Å². The zero-order valence-corrected chi connectivity index (χ0v) is 8.98. The fraction of sp³-hybridized carbons (Fsp3) is 0.727. The van der Waals surface area contributed by atoms with Crippen molar-refractivity contribution in [2.45, 2.75) is 46.1 Å². The third kappa shape index (κ3) is 4.11. The predicted octanol–water partition coefficient (Wildman–Crippen LogP) is 2.26. The summed E-state index contributed by atoms with van der Waals surface area (Å²) in [4.78, 5) is 11.4. The van der Waals surface area contributed by atoms with E-state index in [0.717, 1.165) is 0 Å². The van der Waals surface area contributed by atoms with E-state index in [0.29, 0.717) is 5.92 Å². The number of rotatable bonds is 2. The van der Waals surface area contributed by atoms with E-state index in [9.17, 15) is 4.79 Å². The summed E-state index contributed by atoms with van der Waals surface area (Å²) in [6.45, 7) is 8.02. The molecule has 0 saturated heterocycles. The van der Waals surface area contributed by atoms with E-state index >= 15 is 0 Å². The van der Waals surface area contributed by atoms with Crippen molar-refractivity contribution in [3.05, 3.63) is 11.6 Å². The maximum Gasteiger partial charge on any atom is 0.244 e. The predicted molar refractivity (Wildman–Crippen MR) is 54.4 cm³/mol. The molecule has 2 nitrogen and oxygen atoms in total. The Balaban J connectivity index is 2.44. The zero-order chi connectivity index (χ0) is 10.1. The summed E-state index contributed by atoms with van der Waals surface area (Å²) in [5.74, 6) is 0.725. The maximum absolute atomic E-state index is 11.4. The van der Waals surface area contributed by atoms with Gasteiger partial charge in [0.2, 0.25) is 5.91 Å². The van der Waals surface area contributed by atoms with E-state index in [1.165, 1.54) is 18.4 Å².